The average molecular weight is 450 g/mol. The number of hydrogen-bond acceptors (Lipinski definition) is 1. The van der Waals surface area contributed by atoms with Gasteiger partial charge in [-0.15, -0.1) is 0 Å². The summed E-state index contributed by atoms with van der Waals surface area (Å²) in [6.07, 6.45) is 0. The predicted molar refractivity (Wildman–Crippen MR) is 147 cm³/mol. The van der Waals surface area contributed by atoms with Gasteiger partial charge in [0, 0.05) is 10.8 Å². The molecule has 8 rings (SSSR count). The quantitative estimate of drug-likeness (QED) is 0.247. The summed E-state index contributed by atoms with van der Waals surface area (Å²) in [7, 11) is 0. The van der Waals surface area contributed by atoms with Crippen molar-refractivity contribution in [3.8, 4) is 11.1 Å². The van der Waals surface area contributed by atoms with Crippen molar-refractivity contribution in [2.24, 2.45) is 0 Å². The highest BCUT2D eigenvalue weighted by Crippen LogP contribution is 2.41. The van der Waals surface area contributed by atoms with Crippen LogP contribution in [0.3, 0.4) is 0 Å². The Morgan fingerprint density at radius 3 is 2.06 bits per heavy atom. The molecular formula is C32H23N3. The van der Waals surface area contributed by atoms with Crippen molar-refractivity contribution < 1.29 is 0 Å². The van der Waals surface area contributed by atoms with Gasteiger partial charge in [0.15, 0.2) is 0 Å². The van der Waals surface area contributed by atoms with E-state index >= 15 is 0 Å². The van der Waals surface area contributed by atoms with E-state index in [0.717, 1.165) is 16.8 Å². The van der Waals surface area contributed by atoms with E-state index in [0.29, 0.717) is 0 Å². The molecule has 0 radical (unpaired) electrons. The summed E-state index contributed by atoms with van der Waals surface area (Å²) in [5, 5.41) is 5.08. The van der Waals surface area contributed by atoms with Crippen molar-refractivity contribution in [3.63, 3.8) is 0 Å². The molecule has 0 spiro atoms. The molecule has 0 aliphatic heterocycles. The normalized spacial score (nSPS) is 12.4. The van der Waals surface area contributed by atoms with Gasteiger partial charge in [0.25, 0.3) is 0 Å². The molecule has 3 heteroatoms. The van der Waals surface area contributed by atoms with Gasteiger partial charge in [-0.3, -0.25) is 8.80 Å². The van der Waals surface area contributed by atoms with Gasteiger partial charge in [0.05, 0.1) is 27.6 Å². The minimum absolute atomic E-state index is 0.977. The topological polar surface area (TPSA) is 21.7 Å². The van der Waals surface area contributed by atoms with Crippen LogP contribution in [0.4, 0.5) is 0 Å². The van der Waals surface area contributed by atoms with Gasteiger partial charge >= 0.3 is 0 Å². The maximum Gasteiger partial charge on any atom is 0.220 e. The third-order valence-electron chi connectivity index (χ3n) is 7.95. The van der Waals surface area contributed by atoms with E-state index in [2.05, 4.69) is 115 Å². The zero-order valence-corrected chi connectivity index (χ0v) is 19.9. The molecule has 3 nitrogen and oxygen atoms in total. The summed E-state index contributed by atoms with van der Waals surface area (Å²) < 4.78 is 4.70. The second-order valence-corrected chi connectivity index (χ2v) is 9.91. The molecule has 0 aliphatic carbocycles. The van der Waals surface area contributed by atoms with Crippen molar-refractivity contribution in [2.75, 3.05) is 0 Å². The number of fused-ring (bicyclic) bond motifs is 9. The van der Waals surface area contributed by atoms with E-state index in [-0.39, 0.29) is 0 Å². The predicted octanol–water partition coefficient (Wildman–Crippen LogP) is 8.23. The van der Waals surface area contributed by atoms with Gasteiger partial charge < -0.3 is 0 Å². The van der Waals surface area contributed by atoms with Crippen LogP contribution in [0, 0.1) is 20.8 Å². The van der Waals surface area contributed by atoms with Crippen LogP contribution in [0.15, 0.2) is 84.9 Å². The Hall–Kier alpha value is -4.37. The van der Waals surface area contributed by atoms with Crippen LogP contribution >= 0.6 is 0 Å². The highest BCUT2D eigenvalue weighted by molar-refractivity contribution is 6.19. The number of hydrogen-bond donors (Lipinski definition) is 0. The highest BCUT2D eigenvalue weighted by atomic mass is 15.2. The van der Waals surface area contributed by atoms with Crippen molar-refractivity contribution >= 4 is 54.9 Å². The van der Waals surface area contributed by atoms with Gasteiger partial charge in [0.2, 0.25) is 5.78 Å². The maximum absolute atomic E-state index is 5.10. The third kappa shape index (κ3) is 2.37. The molecule has 0 bridgehead atoms. The molecule has 8 aromatic rings. The fraction of sp³-hybridized carbons (Fsp3) is 0.0938. The molecule has 0 saturated heterocycles. The highest BCUT2D eigenvalue weighted by Gasteiger charge is 2.22. The second-order valence-electron chi connectivity index (χ2n) is 9.91. The van der Waals surface area contributed by atoms with Crippen molar-refractivity contribution in [2.45, 2.75) is 20.8 Å². The van der Waals surface area contributed by atoms with E-state index in [1.165, 1.54) is 65.9 Å². The molecule has 0 saturated carbocycles. The summed E-state index contributed by atoms with van der Waals surface area (Å²) >= 11 is 0. The lowest BCUT2D eigenvalue weighted by atomic mass is 9.95. The molecular weight excluding hydrogens is 426 g/mol. The van der Waals surface area contributed by atoms with E-state index in [1.54, 1.807) is 0 Å². The van der Waals surface area contributed by atoms with Gasteiger partial charge in [0.1, 0.15) is 0 Å². The lowest BCUT2D eigenvalue weighted by Gasteiger charge is -2.10. The van der Waals surface area contributed by atoms with E-state index in [9.17, 15) is 0 Å². The fourth-order valence-electron chi connectivity index (χ4n) is 5.96. The molecule has 0 aliphatic rings. The van der Waals surface area contributed by atoms with Crippen LogP contribution < -0.4 is 0 Å². The fourth-order valence-corrected chi connectivity index (χ4v) is 5.96. The van der Waals surface area contributed by atoms with Crippen molar-refractivity contribution in [1.82, 2.24) is 13.8 Å². The summed E-state index contributed by atoms with van der Waals surface area (Å²) in [4.78, 5) is 5.10. The molecule has 0 N–H and O–H groups in total. The van der Waals surface area contributed by atoms with Crippen LogP contribution in [0.1, 0.15) is 16.7 Å². The van der Waals surface area contributed by atoms with E-state index in [4.69, 9.17) is 4.98 Å². The van der Waals surface area contributed by atoms with Crippen LogP contribution in [-0.4, -0.2) is 13.8 Å². The Morgan fingerprint density at radius 2 is 1.26 bits per heavy atom. The van der Waals surface area contributed by atoms with Crippen molar-refractivity contribution in [1.29, 1.82) is 0 Å². The number of imidazole rings is 2. The van der Waals surface area contributed by atoms with Crippen LogP contribution in [-0.2, 0) is 0 Å². The zero-order valence-electron chi connectivity index (χ0n) is 19.9. The Balaban J connectivity index is 1.63. The first-order valence-corrected chi connectivity index (χ1v) is 12.2. The Bertz CT molecular complexity index is 2120. The largest absolute Gasteiger partial charge is 0.277 e. The minimum Gasteiger partial charge on any atom is -0.277 e. The summed E-state index contributed by atoms with van der Waals surface area (Å²) in [5.74, 6) is 0.977. The van der Waals surface area contributed by atoms with Crippen molar-refractivity contribution in [3.05, 3.63) is 102 Å². The molecule has 3 aromatic heterocycles. The molecule has 0 amide bonds. The van der Waals surface area contributed by atoms with E-state index < -0.39 is 0 Å². The first-order chi connectivity index (χ1) is 17.1. The third-order valence-corrected chi connectivity index (χ3v) is 7.95. The maximum atomic E-state index is 5.10. The Labute approximate surface area is 202 Å². The molecule has 0 unspecified atom stereocenters. The standard InChI is InChI=1S/C32H23N3/c1-18-12-23(13-19(2)20(18)3)24-15-26-25-14-21-8-4-5-9-22(21)16-29(25)35-31(26)30(17-24)34-28-11-7-6-10-27(28)33-32(34)35/h4-17H,1-3H3. The van der Waals surface area contributed by atoms with Gasteiger partial charge in [-0.05, 0) is 95.8 Å². The van der Waals surface area contributed by atoms with Gasteiger partial charge in [-0.25, -0.2) is 4.98 Å². The monoisotopic (exact) mass is 449 g/mol. The lowest BCUT2D eigenvalue weighted by Crippen LogP contribution is -1.89. The molecule has 35 heavy (non-hydrogen) atoms. The van der Waals surface area contributed by atoms with Crippen LogP contribution in [0.25, 0.3) is 66.0 Å². The molecule has 0 fully saturated rings. The molecule has 3 heterocycles. The smallest absolute Gasteiger partial charge is 0.220 e. The van der Waals surface area contributed by atoms with Gasteiger partial charge in [-0.2, -0.15) is 0 Å². The lowest BCUT2D eigenvalue weighted by molar-refractivity contribution is 1.22. The molecule has 5 aromatic carbocycles. The average Bonchev–Trinajstić information content (AvgIpc) is 3.50. The summed E-state index contributed by atoms with van der Waals surface area (Å²) in [6.45, 7) is 6.63. The second kappa shape index (κ2) is 6.39. The minimum atomic E-state index is 0.977. The van der Waals surface area contributed by atoms with E-state index in [1.807, 2.05) is 0 Å². The van der Waals surface area contributed by atoms with Crippen LogP contribution in [0.5, 0.6) is 0 Å². The first kappa shape index (κ1) is 19.0. The number of rotatable bonds is 1. The SMILES string of the molecule is Cc1cc(-c2cc3c4cc5ccccc5cc4n4c3c(c2)n2c3ccccc3nc24)cc(C)c1C. The summed E-state index contributed by atoms with van der Waals surface area (Å²) in [5.41, 5.74) is 12.4. The van der Waals surface area contributed by atoms with Gasteiger partial charge in [-0.1, -0.05) is 48.5 Å². The zero-order chi connectivity index (χ0) is 23.4. The Kier molecular flexibility index (Phi) is 3.47. The first-order valence-electron chi connectivity index (χ1n) is 12.2. The number of benzene rings is 5. The number of aromatic nitrogens is 3. The Morgan fingerprint density at radius 1 is 0.571 bits per heavy atom. The summed E-state index contributed by atoms with van der Waals surface area (Å²) in [6, 6.07) is 31.1. The van der Waals surface area contributed by atoms with Crippen LogP contribution in [0.2, 0.25) is 0 Å². The molecule has 0 atom stereocenters. The number of nitrogens with zero attached hydrogens (tertiary/aromatic N) is 3. The number of para-hydroxylation sites is 2. The number of aryl methyl sites for hydroxylation is 2. The molecule has 166 valence electrons.